The van der Waals surface area contributed by atoms with Gasteiger partial charge in [0, 0.05) is 40.9 Å². The number of nitrogens with zero attached hydrogens (tertiary/aromatic N) is 3. The van der Waals surface area contributed by atoms with Crippen molar-refractivity contribution in [1.82, 2.24) is 9.88 Å². The molecule has 0 fully saturated rings. The second-order valence-electron chi connectivity index (χ2n) is 9.62. The van der Waals surface area contributed by atoms with Crippen LogP contribution in [0.3, 0.4) is 0 Å². The first-order chi connectivity index (χ1) is 18.6. The molecule has 1 amide bonds. The number of sulfonamides is 1. The molecule has 10 heteroatoms. The van der Waals surface area contributed by atoms with Crippen molar-refractivity contribution in [2.24, 2.45) is 0 Å². The van der Waals surface area contributed by atoms with E-state index in [-0.39, 0.29) is 5.91 Å². The Morgan fingerprint density at radius 2 is 1.77 bits per heavy atom. The number of anilines is 3. The number of rotatable bonds is 8. The SMILES string of the molecule is CN(C)CCN(c1ccc(NC(=C2C(=O)Nc3cc(Cl)ccc32)c2ccc3ncccc3c2)cc1)S(C)(=O)=O. The van der Waals surface area contributed by atoms with E-state index in [0.717, 1.165) is 22.0 Å². The number of aromatic nitrogens is 1. The highest BCUT2D eigenvalue weighted by Crippen LogP contribution is 2.39. The van der Waals surface area contributed by atoms with Crippen LogP contribution in [0.4, 0.5) is 17.1 Å². The summed E-state index contributed by atoms with van der Waals surface area (Å²) >= 11 is 6.18. The number of likely N-dealkylation sites (N-methyl/N-ethyl adjacent to an activating group) is 1. The van der Waals surface area contributed by atoms with Crippen LogP contribution in [0.25, 0.3) is 22.2 Å². The molecule has 39 heavy (non-hydrogen) atoms. The first-order valence-corrected chi connectivity index (χ1v) is 14.5. The lowest BCUT2D eigenvalue weighted by atomic mass is 9.99. The summed E-state index contributed by atoms with van der Waals surface area (Å²) in [5.41, 5.74) is 5.38. The Hall–Kier alpha value is -3.92. The average molecular weight is 562 g/mol. The summed E-state index contributed by atoms with van der Waals surface area (Å²) in [6.07, 6.45) is 2.94. The molecule has 4 aromatic rings. The highest BCUT2D eigenvalue weighted by molar-refractivity contribution is 7.92. The smallest absolute Gasteiger partial charge is 0.258 e. The van der Waals surface area contributed by atoms with E-state index in [1.165, 1.54) is 10.6 Å². The van der Waals surface area contributed by atoms with Crippen LogP contribution in [-0.2, 0) is 14.8 Å². The summed E-state index contributed by atoms with van der Waals surface area (Å²) in [5, 5.41) is 7.81. The van der Waals surface area contributed by atoms with Gasteiger partial charge in [-0.15, -0.1) is 0 Å². The molecular weight excluding hydrogens is 534 g/mol. The Labute approximate surface area is 233 Å². The van der Waals surface area contributed by atoms with Gasteiger partial charge in [-0.1, -0.05) is 29.8 Å². The largest absolute Gasteiger partial charge is 0.354 e. The minimum atomic E-state index is -3.46. The van der Waals surface area contributed by atoms with E-state index in [4.69, 9.17) is 11.6 Å². The number of hydrogen-bond donors (Lipinski definition) is 2. The first-order valence-electron chi connectivity index (χ1n) is 12.3. The van der Waals surface area contributed by atoms with Crippen LogP contribution in [0.5, 0.6) is 0 Å². The Bertz CT molecular complexity index is 1700. The normalized spacial score (nSPS) is 14.3. The maximum absolute atomic E-state index is 13.3. The van der Waals surface area contributed by atoms with Gasteiger partial charge in [0.05, 0.1) is 34.4 Å². The molecule has 5 rings (SSSR count). The number of benzene rings is 3. The van der Waals surface area contributed by atoms with Gasteiger partial charge in [-0.3, -0.25) is 14.1 Å². The zero-order valence-electron chi connectivity index (χ0n) is 21.8. The summed E-state index contributed by atoms with van der Waals surface area (Å²) in [5.74, 6) is -0.246. The van der Waals surface area contributed by atoms with E-state index in [1.807, 2.05) is 67.5 Å². The molecule has 1 aliphatic heterocycles. The van der Waals surface area contributed by atoms with Crippen LogP contribution in [0.2, 0.25) is 5.02 Å². The molecule has 0 spiro atoms. The van der Waals surface area contributed by atoms with Gasteiger partial charge in [-0.05, 0) is 74.3 Å². The first kappa shape index (κ1) is 26.7. The molecule has 0 atom stereocenters. The topological polar surface area (TPSA) is 94.6 Å². The molecular formula is C29H28ClN5O3S. The number of nitrogens with one attached hydrogen (secondary N) is 2. The number of carbonyl (C=O) groups excluding carboxylic acids is 1. The highest BCUT2D eigenvalue weighted by atomic mass is 35.5. The quantitative estimate of drug-likeness (QED) is 0.289. The Balaban J connectivity index is 1.58. The van der Waals surface area contributed by atoms with Crippen molar-refractivity contribution in [1.29, 1.82) is 0 Å². The summed E-state index contributed by atoms with van der Waals surface area (Å²) in [7, 11) is 0.335. The zero-order valence-corrected chi connectivity index (χ0v) is 23.3. The van der Waals surface area contributed by atoms with Gasteiger partial charge in [0.1, 0.15) is 0 Å². The van der Waals surface area contributed by atoms with E-state index in [0.29, 0.717) is 46.4 Å². The van der Waals surface area contributed by atoms with E-state index in [9.17, 15) is 13.2 Å². The Morgan fingerprint density at radius 1 is 1.00 bits per heavy atom. The van der Waals surface area contributed by atoms with Crippen LogP contribution in [-0.4, -0.2) is 57.6 Å². The number of amides is 1. The third kappa shape index (κ3) is 5.75. The molecule has 0 radical (unpaired) electrons. The summed E-state index contributed by atoms with van der Waals surface area (Å²) in [6, 6.07) is 22.1. The summed E-state index contributed by atoms with van der Waals surface area (Å²) < 4.78 is 26.3. The minimum absolute atomic E-state index is 0.246. The maximum atomic E-state index is 13.3. The van der Waals surface area contributed by atoms with E-state index < -0.39 is 10.0 Å². The second kappa shape index (κ2) is 10.7. The zero-order chi connectivity index (χ0) is 27.7. The van der Waals surface area contributed by atoms with Crippen LogP contribution < -0.4 is 14.9 Å². The van der Waals surface area contributed by atoms with Crippen molar-refractivity contribution >= 4 is 66.8 Å². The van der Waals surface area contributed by atoms with E-state index in [2.05, 4.69) is 15.6 Å². The molecule has 1 aromatic heterocycles. The fourth-order valence-corrected chi connectivity index (χ4v) is 5.63. The molecule has 8 nitrogen and oxygen atoms in total. The molecule has 3 aromatic carbocycles. The summed E-state index contributed by atoms with van der Waals surface area (Å²) in [4.78, 5) is 19.6. The van der Waals surface area contributed by atoms with Crippen molar-refractivity contribution in [2.75, 3.05) is 48.4 Å². The van der Waals surface area contributed by atoms with Crippen molar-refractivity contribution in [3.05, 3.63) is 95.1 Å². The molecule has 2 N–H and O–H groups in total. The van der Waals surface area contributed by atoms with Crippen molar-refractivity contribution in [3.8, 4) is 0 Å². The molecule has 1 aliphatic rings. The summed E-state index contributed by atoms with van der Waals surface area (Å²) in [6.45, 7) is 0.914. The standard InChI is InChI=1S/C29H28ClN5O3S/c1-34(2)15-16-35(39(3,37)38)23-10-8-22(9-11-23)32-28(20-6-13-25-19(17-20)5-4-14-31-25)27-24-12-7-21(30)18-26(24)33-29(27)36/h4-14,17-18,32H,15-16H2,1-3H3,(H,33,36). The fourth-order valence-electron chi connectivity index (χ4n) is 4.54. The van der Waals surface area contributed by atoms with Crippen LogP contribution in [0.1, 0.15) is 11.1 Å². The van der Waals surface area contributed by atoms with Gasteiger partial charge in [0.2, 0.25) is 10.0 Å². The molecule has 200 valence electrons. The lowest BCUT2D eigenvalue weighted by molar-refractivity contribution is -0.110. The monoisotopic (exact) mass is 561 g/mol. The van der Waals surface area contributed by atoms with Crippen LogP contribution in [0.15, 0.2) is 79.0 Å². The number of fused-ring (bicyclic) bond motifs is 2. The van der Waals surface area contributed by atoms with E-state index in [1.54, 1.807) is 30.5 Å². The van der Waals surface area contributed by atoms with Crippen molar-refractivity contribution < 1.29 is 13.2 Å². The van der Waals surface area contributed by atoms with Gasteiger partial charge in [0.25, 0.3) is 5.91 Å². The molecule has 0 saturated carbocycles. The van der Waals surface area contributed by atoms with Crippen LogP contribution in [0, 0.1) is 0 Å². The maximum Gasteiger partial charge on any atom is 0.258 e. The predicted molar refractivity (Wildman–Crippen MR) is 159 cm³/mol. The van der Waals surface area contributed by atoms with Gasteiger partial charge in [-0.25, -0.2) is 8.42 Å². The van der Waals surface area contributed by atoms with Crippen molar-refractivity contribution in [3.63, 3.8) is 0 Å². The number of carbonyl (C=O) groups is 1. The molecule has 2 heterocycles. The highest BCUT2D eigenvalue weighted by Gasteiger charge is 2.29. The van der Waals surface area contributed by atoms with Gasteiger partial charge < -0.3 is 15.5 Å². The molecule has 0 bridgehead atoms. The number of halogens is 1. The Kier molecular flexibility index (Phi) is 7.31. The number of hydrogen-bond acceptors (Lipinski definition) is 6. The molecule has 0 saturated heterocycles. The minimum Gasteiger partial charge on any atom is -0.354 e. The third-order valence-corrected chi connectivity index (χ3v) is 7.87. The molecule has 0 unspecified atom stereocenters. The van der Waals surface area contributed by atoms with Gasteiger partial charge in [0.15, 0.2) is 0 Å². The number of pyridine rings is 1. The van der Waals surface area contributed by atoms with Crippen LogP contribution >= 0.6 is 11.6 Å². The Morgan fingerprint density at radius 3 is 2.49 bits per heavy atom. The average Bonchev–Trinajstić information content (AvgIpc) is 3.21. The third-order valence-electron chi connectivity index (χ3n) is 6.44. The van der Waals surface area contributed by atoms with Gasteiger partial charge in [-0.2, -0.15) is 0 Å². The predicted octanol–water partition coefficient (Wildman–Crippen LogP) is 5.15. The molecule has 0 aliphatic carbocycles. The fraction of sp³-hybridized carbons (Fsp3) is 0.172. The second-order valence-corrected chi connectivity index (χ2v) is 12.0. The lowest BCUT2D eigenvalue weighted by Crippen LogP contribution is -2.35. The lowest BCUT2D eigenvalue weighted by Gasteiger charge is -2.24. The van der Waals surface area contributed by atoms with E-state index >= 15 is 0 Å². The van der Waals surface area contributed by atoms with Gasteiger partial charge >= 0.3 is 0 Å². The van der Waals surface area contributed by atoms with Crippen molar-refractivity contribution in [2.45, 2.75) is 0 Å².